The van der Waals surface area contributed by atoms with E-state index in [4.69, 9.17) is 14.5 Å². The van der Waals surface area contributed by atoms with Crippen LogP contribution in [0.3, 0.4) is 0 Å². The van der Waals surface area contributed by atoms with E-state index in [1.165, 1.54) is 24.3 Å². The fourth-order valence-electron chi connectivity index (χ4n) is 4.16. The number of carbonyl (C=O) groups is 4. The summed E-state index contributed by atoms with van der Waals surface area (Å²) in [5.74, 6) is -4.26. The van der Waals surface area contributed by atoms with E-state index in [1.54, 1.807) is 72.8 Å². The molecule has 0 bridgehead atoms. The van der Waals surface area contributed by atoms with Crippen molar-refractivity contribution >= 4 is 23.9 Å². The molecule has 0 radical (unpaired) electrons. The summed E-state index contributed by atoms with van der Waals surface area (Å²) in [5, 5.41) is 28.6. The van der Waals surface area contributed by atoms with Crippen LogP contribution in [0.5, 0.6) is 0 Å². The Morgan fingerprint density at radius 2 is 0.927 bits per heavy atom. The number of carboxylic acids is 2. The molecule has 4 rings (SSSR count). The first-order valence-corrected chi connectivity index (χ1v) is 12.3. The van der Waals surface area contributed by atoms with Crippen LogP contribution in [0.2, 0.25) is 0 Å². The molecule has 0 spiro atoms. The Hall–Kier alpha value is -5.32. The molecule has 41 heavy (non-hydrogen) atoms. The van der Waals surface area contributed by atoms with Gasteiger partial charge in [0, 0.05) is 13.0 Å². The third-order valence-corrected chi connectivity index (χ3v) is 6.02. The van der Waals surface area contributed by atoms with E-state index in [9.17, 15) is 34.5 Å². The quantitative estimate of drug-likeness (QED) is 0.0986. The summed E-state index contributed by atoms with van der Waals surface area (Å²) < 4.78 is 5.37. The molecule has 0 saturated carbocycles. The van der Waals surface area contributed by atoms with Crippen molar-refractivity contribution in [2.24, 2.45) is 0 Å². The van der Waals surface area contributed by atoms with Gasteiger partial charge in [0.2, 0.25) is 6.29 Å². The average Bonchev–Trinajstić information content (AvgIpc) is 2.99. The Bertz CT molecular complexity index is 1590. The van der Waals surface area contributed by atoms with Gasteiger partial charge in [-0.2, -0.15) is 0 Å². The third kappa shape index (κ3) is 6.64. The van der Waals surface area contributed by atoms with Gasteiger partial charge in [0.1, 0.15) is 0 Å². The van der Waals surface area contributed by atoms with Crippen molar-refractivity contribution < 1.29 is 49.0 Å². The summed E-state index contributed by atoms with van der Waals surface area (Å²) in [4.78, 5) is 59.6. The lowest BCUT2D eigenvalue weighted by molar-refractivity contribution is -0.328. The molecule has 3 N–H and O–H groups in total. The summed E-state index contributed by atoms with van der Waals surface area (Å²) >= 11 is 0. The number of aromatic carboxylic acids is 2. The third-order valence-electron chi connectivity index (χ3n) is 6.02. The molecule has 0 aliphatic rings. The van der Waals surface area contributed by atoms with Gasteiger partial charge in [-0.3, -0.25) is 4.89 Å². The van der Waals surface area contributed by atoms with Crippen LogP contribution in [0.1, 0.15) is 47.9 Å². The number of esters is 1. The molecule has 0 aliphatic heterocycles. The maximum Gasteiger partial charge on any atom is 0.373 e. The Morgan fingerprint density at radius 3 is 1.34 bits per heavy atom. The van der Waals surface area contributed by atoms with Gasteiger partial charge in [0.15, 0.2) is 0 Å². The van der Waals surface area contributed by atoms with Gasteiger partial charge in [-0.1, -0.05) is 72.8 Å². The van der Waals surface area contributed by atoms with E-state index in [0.29, 0.717) is 5.56 Å². The Labute approximate surface area is 233 Å². The van der Waals surface area contributed by atoms with Crippen LogP contribution in [0.25, 0.3) is 22.3 Å². The topological polar surface area (TPSA) is 157 Å². The van der Waals surface area contributed by atoms with Gasteiger partial charge in [0.25, 0.3) is 0 Å². The molecule has 4 aromatic carbocycles. The maximum atomic E-state index is 13.1. The second-order valence-electron chi connectivity index (χ2n) is 8.61. The van der Waals surface area contributed by atoms with Crippen molar-refractivity contribution in [1.82, 2.24) is 0 Å². The van der Waals surface area contributed by atoms with Crippen LogP contribution < -0.4 is 0 Å². The van der Waals surface area contributed by atoms with Crippen LogP contribution in [0.4, 0.5) is 0 Å². The van der Waals surface area contributed by atoms with Crippen LogP contribution in [-0.2, 0) is 14.5 Å². The molecule has 10 nitrogen and oxygen atoms in total. The minimum Gasteiger partial charge on any atom is -0.478 e. The van der Waals surface area contributed by atoms with Crippen LogP contribution in [0.15, 0.2) is 97.1 Å². The number of ether oxygens (including phenoxy) is 1. The highest BCUT2D eigenvalue weighted by Crippen LogP contribution is 2.30. The highest BCUT2D eigenvalue weighted by atomic mass is 17.2. The minimum absolute atomic E-state index is 0.00843. The summed E-state index contributed by atoms with van der Waals surface area (Å²) in [6.07, 6.45) is -1.77. The van der Waals surface area contributed by atoms with E-state index in [1.807, 2.05) is 0 Å². The molecule has 1 atom stereocenters. The lowest BCUT2D eigenvalue weighted by atomic mass is 9.95. The van der Waals surface area contributed by atoms with Crippen LogP contribution in [-0.4, -0.2) is 52.1 Å². The summed E-state index contributed by atoms with van der Waals surface area (Å²) in [6, 6.07) is 24.6. The Kier molecular flexibility index (Phi) is 9.20. The molecule has 4 aromatic rings. The first-order valence-electron chi connectivity index (χ1n) is 12.3. The predicted molar refractivity (Wildman–Crippen MR) is 145 cm³/mol. The summed E-state index contributed by atoms with van der Waals surface area (Å²) in [7, 11) is 0. The first kappa shape index (κ1) is 28.7. The molecule has 10 heteroatoms. The van der Waals surface area contributed by atoms with E-state index in [0.717, 1.165) is 0 Å². The molecule has 208 valence electrons. The highest BCUT2D eigenvalue weighted by Gasteiger charge is 2.25. The minimum atomic E-state index is -1.52. The molecule has 0 heterocycles. The fourth-order valence-corrected chi connectivity index (χ4v) is 4.16. The molecule has 0 amide bonds. The van der Waals surface area contributed by atoms with E-state index in [2.05, 4.69) is 0 Å². The second-order valence-corrected chi connectivity index (χ2v) is 8.61. The molecular formula is C31H24O10. The maximum absolute atomic E-state index is 13.1. The van der Waals surface area contributed by atoms with Crippen molar-refractivity contribution in [3.8, 4) is 22.3 Å². The number of aliphatic hydroxyl groups is 1. The van der Waals surface area contributed by atoms with Crippen LogP contribution >= 0.6 is 0 Å². The van der Waals surface area contributed by atoms with Crippen LogP contribution in [0, 0.1) is 0 Å². The number of rotatable bonds is 11. The standard InChI is InChI=1S/C31H24O10/c32-18-17-27(39-30(37)25-15-7-3-11-21(25)19-9-1-5-13-23(19)28(33)34)40-41-31(38)26-16-8-4-12-22(26)20-10-2-6-14-24(20)29(35)36/h1-16,27,32H,17-18H2,(H,33,34)(H,35,36). The normalized spacial score (nSPS) is 11.3. The van der Waals surface area contributed by atoms with Crippen molar-refractivity contribution in [3.63, 3.8) is 0 Å². The van der Waals surface area contributed by atoms with Crippen molar-refractivity contribution in [2.75, 3.05) is 6.61 Å². The number of hydrogen-bond acceptors (Lipinski definition) is 8. The average molecular weight is 557 g/mol. The first-order chi connectivity index (χ1) is 19.8. The molecule has 1 unspecified atom stereocenters. The van der Waals surface area contributed by atoms with Gasteiger partial charge < -0.3 is 20.1 Å². The number of hydrogen-bond donors (Lipinski definition) is 3. The zero-order chi connectivity index (χ0) is 29.4. The number of carbonyl (C=O) groups excluding carboxylic acids is 2. The van der Waals surface area contributed by atoms with Crippen molar-refractivity contribution in [3.05, 3.63) is 119 Å². The Balaban J connectivity index is 1.54. The molecule has 0 fully saturated rings. The lowest BCUT2D eigenvalue weighted by Gasteiger charge is -2.18. The number of carboxylic acid groups (broad SMARTS) is 2. The number of benzene rings is 4. The van der Waals surface area contributed by atoms with Gasteiger partial charge in [0.05, 0.1) is 22.3 Å². The van der Waals surface area contributed by atoms with Crippen molar-refractivity contribution in [1.29, 1.82) is 0 Å². The monoisotopic (exact) mass is 556 g/mol. The SMILES string of the molecule is O=C(O)c1ccccc1-c1ccccc1C(=O)OOC(CCO)OC(=O)c1ccccc1-c1ccccc1C(=O)O. The Morgan fingerprint density at radius 1 is 0.561 bits per heavy atom. The van der Waals surface area contributed by atoms with E-state index >= 15 is 0 Å². The lowest BCUT2D eigenvalue weighted by Crippen LogP contribution is -2.25. The van der Waals surface area contributed by atoms with Crippen molar-refractivity contribution in [2.45, 2.75) is 12.7 Å². The molecular weight excluding hydrogens is 532 g/mol. The van der Waals surface area contributed by atoms with Gasteiger partial charge in [-0.25, -0.2) is 19.2 Å². The fraction of sp³-hybridized carbons (Fsp3) is 0.0968. The van der Waals surface area contributed by atoms with Gasteiger partial charge in [-0.15, -0.1) is 4.89 Å². The molecule has 0 aliphatic carbocycles. The smallest absolute Gasteiger partial charge is 0.373 e. The molecule has 0 aromatic heterocycles. The molecule has 0 saturated heterocycles. The summed E-state index contributed by atoms with van der Waals surface area (Å²) in [5.41, 5.74) is 1.11. The predicted octanol–water partition coefficient (Wildman–Crippen LogP) is 5.07. The second kappa shape index (κ2) is 13.2. The van der Waals surface area contributed by atoms with Gasteiger partial charge in [-0.05, 0) is 46.5 Å². The summed E-state index contributed by atoms with van der Waals surface area (Å²) in [6.45, 7) is -0.485. The zero-order valence-electron chi connectivity index (χ0n) is 21.4. The number of aliphatic hydroxyl groups excluding tert-OH is 1. The largest absolute Gasteiger partial charge is 0.478 e. The van der Waals surface area contributed by atoms with E-state index < -0.39 is 36.8 Å². The zero-order valence-corrected chi connectivity index (χ0v) is 21.4. The highest BCUT2D eigenvalue weighted by molar-refractivity contribution is 6.03. The van der Waals surface area contributed by atoms with E-state index in [-0.39, 0.29) is 45.4 Å². The van der Waals surface area contributed by atoms with Gasteiger partial charge >= 0.3 is 23.9 Å².